The van der Waals surface area contributed by atoms with Crippen LogP contribution in [0.1, 0.15) is 38.7 Å². The van der Waals surface area contributed by atoms with Gasteiger partial charge in [0, 0.05) is 17.4 Å². The lowest BCUT2D eigenvalue weighted by atomic mass is 9.78. The van der Waals surface area contributed by atoms with Gasteiger partial charge < -0.3 is 0 Å². The average Bonchev–Trinajstić information content (AvgIpc) is 2.58. The monoisotopic (exact) mass is 250 g/mol. The van der Waals surface area contributed by atoms with Crippen molar-refractivity contribution in [3.05, 3.63) is 34.9 Å². The van der Waals surface area contributed by atoms with Crippen LogP contribution in [-0.2, 0) is 11.2 Å². The van der Waals surface area contributed by atoms with Gasteiger partial charge in [0.2, 0.25) is 0 Å². The molecule has 1 atom stereocenters. The highest BCUT2D eigenvalue weighted by Crippen LogP contribution is 2.43. The summed E-state index contributed by atoms with van der Waals surface area (Å²) in [5.41, 5.74) is 1.21. The molecule has 1 aliphatic rings. The lowest BCUT2D eigenvalue weighted by molar-refractivity contribution is -0.124. The van der Waals surface area contributed by atoms with Crippen molar-refractivity contribution in [2.75, 3.05) is 0 Å². The molecule has 0 aliphatic heterocycles. The molecule has 0 spiro atoms. The fourth-order valence-corrected chi connectivity index (χ4v) is 3.11. The molecule has 92 valence electrons. The molecular formula is C15H19ClO. The van der Waals surface area contributed by atoms with Crippen LogP contribution >= 0.6 is 11.6 Å². The van der Waals surface area contributed by atoms with E-state index >= 15 is 0 Å². The van der Waals surface area contributed by atoms with Crippen LogP contribution in [0.3, 0.4) is 0 Å². The Morgan fingerprint density at radius 3 is 2.82 bits per heavy atom. The highest BCUT2D eigenvalue weighted by Gasteiger charge is 2.38. The van der Waals surface area contributed by atoms with Crippen LogP contribution < -0.4 is 0 Å². The van der Waals surface area contributed by atoms with E-state index in [0.717, 1.165) is 12.0 Å². The summed E-state index contributed by atoms with van der Waals surface area (Å²) in [6, 6.07) is 7.62. The normalized spacial score (nSPS) is 22.6. The van der Waals surface area contributed by atoms with E-state index < -0.39 is 0 Å². The molecule has 0 heterocycles. The van der Waals surface area contributed by atoms with Crippen molar-refractivity contribution in [1.29, 1.82) is 0 Å². The number of halogens is 1. The lowest BCUT2D eigenvalue weighted by Gasteiger charge is -2.25. The third-order valence-electron chi connectivity index (χ3n) is 3.91. The van der Waals surface area contributed by atoms with Crippen molar-refractivity contribution < 1.29 is 4.79 Å². The van der Waals surface area contributed by atoms with Crippen molar-refractivity contribution in [2.45, 2.75) is 39.5 Å². The first kappa shape index (κ1) is 12.6. The van der Waals surface area contributed by atoms with Crippen LogP contribution in [0.4, 0.5) is 0 Å². The second-order valence-corrected chi connectivity index (χ2v) is 6.14. The maximum Gasteiger partial charge on any atom is 0.140 e. The van der Waals surface area contributed by atoms with E-state index in [4.69, 9.17) is 11.6 Å². The van der Waals surface area contributed by atoms with Gasteiger partial charge in [0.15, 0.2) is 0 Å². The average molecular weight is 251 g/mol. The highest BCUT2D eigenvalue weighted by atomic mass is 35.5. The van der Waals surface area contributed by atoms with Crippen LogP contribution in [0.25, 0.3) is 0 Å². The molecular weight excluding hydrogens is 232 g/mol. The minimum atomic E-state index is 0.176. The summed E-state index contributed by atoms with van der Waals surface area (Å²) in [7, 11) is 0. The van der Waals surface area contributed by atoms with Crippen molar-refractivity contribution in [3.63, 3.8) is 0 Å². The SMILES string of the molecule is CC1(C)CCCC1C(=O)Cc1cccc(Cl)c1. The van der Waals surface area contributed by atoms with Crippen LogP contribution in [0.2, 0.25) is 5.02 Å². The van der Waals surface area contributed by atoms with Crippen molar-refractivity contribution in [2.24, 2.45) is 11.3 Å². The van der Waals surface area contributed by atoms with Gasteiger partial charge in [-0.15, -0.1) is 0 Å². The second-order valence-electron chi connectivity index (χ2n) is 5.71. The summed E-state index contributed by atoms with van der Waals surface area (Å²) >= 11 is 5.93. The van der Waals surface area contributed by atoms with E-state index in [2.05, 4.69) is 13.8 Å². The van der Waals surface area contributed by atoms with Crippen molar-refractivity contribution >= 4 is 17.4 Å². The Labute approximate surface area is 108 Å². The van der Waals surface area contributed by atoms with Crippen molar-refractivity contribution in [1.82, 2.24) is 0 Å². The zero-order valence-corrected chi connectivity index (χ0v) is 11.3. The highest BCUT2D eigenvalue weighted by molar-refractivity contribution is 6.30. The number of rotatable bonds is 3. The summed E-state index contributed by atoms with van der Waals surface area (Å²) in [5.74, 6) is 0.594. The van der Waals surface area contributed by atoms with Crippen LogP contribution in [-0.4, -0.2) is 5.78 Å². The molecule has 1 aromatic carbocycles. The molecule has 1 saturated carbocycles. The molecule has 0 bridgehead atoms. The van der Waals surface area contributed by atoms with Gasteiger partial charge in [-0.05, 0) is 36.0 Å². The van der Waals surface area contributed by atoms with Gasteiger partial charge in [0.1, 0.15) is 5.78 Å². The Hall–Kier alpha value is -0.820. The molecule has 2 rings (SSSR count). The summed E-state index contributed by atoms with van der Waals surface area (Å²) in [4.78, 5) is 12.3. The Balaban J connectivity index is 2.07. The molecule has 1 fully saturated rings. The Morgan fingerprint density at radius 1 is 1.47 bits per heavy atom. The summed E-state index contributed by atoms with van der Waals surface area (Å²) in [6.45, 7) is 4.42. The predicted molar refractivity (Wildman–Crippen MR) is 71.3 cm³/mol. The Morgan fingerprint density at radius 2 is 2.24 bits per heavy atom. The minimum absolute atomic E-state index is 0.176. The number of hydrogen-bond donors (Lipinski definition) is 0. The molecule has 0 amide bonds. The van der Waals surface area contributed by atoms with Crippen LogP contribution in [0.15, 0.2) is 24.3 Å². The molecule has 0 radical (unpaired) electrons. The van der Waals surface area contributed by atoms with E-state index in [1.54, 1.807) is 0 Å². The fourth-order valence-electron chi connectivity index (χ4n) is 2.89. The summed E-state index contributed by atoms with van der Waals surface area (Å²) in [5, 5.41) is 0.709. The van der Waals surface area contributed by atoms with Crippen LogP contribution in [0.5, 0.6) is 0 Å². The first-order chi connectivity index (χ1) is 7.99. The standard InChI is InChI=1S/C15H19ClO/c1-15(2)8-4-7-13(15)14(17)10-11-5-3-6-12(16)9-11/h3,5-6,9,13H,4,7-8,10H2,1-2H3. The second kappa shape index (κ2) is 4.81. The first-order valence-electron chi connectivity index (χ1n) is 6.26. The fraction of sp³-hybridized carbons (Fsp3) is 0.533. The lowest BCUT2D eigenvalue weighted by Crippen LogP contribution is -2.27. The number of carbonyl (C=O) groups is 1. The van der Waals surface area contributed by atoms with Gasteiger partial charge in [-0.2, -0.15) is 0 Å². The molecule has 0 aromatic heterocycles. The molecule has 1 aliphatic carbocycles. The quantitative estimate of drug-likeness (QED) is 0.783. The van der Waals surface area contributed by atoms with Crippen LogP contribution in [0, 0.1) is 11.3 Å². The van der Waals surface area contributed by atoms with E-state index in [0.29, 0.717) is 17.2 Å². The molecule has 0 saturated heterocycles. The molecule has 2 heteroatoms. The summed E-state index contributed by atoms with van der Waals surface area (Å²) < 4.78 is 0. The number of hydrogen-bond acceptors (Lipinski definition) is 1. The number of benzene rings is 1. The predicted octanol–water partition coefficient (Wildman–Crippen LogP) is 4.28. The van der Waals surface area contributed by atoms with E-state index in [9.17, 15) is 4.79 Å². The third-order valence-corrected chi connectivity index (χ3v) is 4.15. The van der Waals surface area contributed by atoms with E-state index in [1.165, 1.54) is 12.8 Å². The van der Waals surface area contributed by atoms with Gasteiger partial charge in [-0.25, -0.2) is 0 Å². The number of Topliss-reactive ketones (excluding diaryl/α,β-unsaturated/α-hetero) is 1. The zero-order valence-electron chi connectivity index (χ0n) is 10.5. The van der Waals surface area contributed by atoms with Crippen molar-refractivity contribution in [3.8, 4) is 0 Å². The van der Waals surface area contributed by atoms with Gasteiger partial charge in [0.05, 0.1) is 0 Å². The maximum atomic E-state index is 12.3. The smallest absolute Gasteiger partial charge is 0.140 e. The van der Waals surface area contributed by atoms with Gasteiger partial charge in [0.25, 0.3) is 0 Å². The zero-order chi connectivity index (χ0) is 12.5. The van der Waals surface area contributed by atoms with Gasteiger partial charge >= 0.3 is 0 Å². The van der Waals surface area contributed by atoms with E-state index in [-0.39, 0.29) is 11.3 Å². The molecule has 1 nitrogen and oxygen atoms in total. The molecule has 1 unspecified atom stereocenters. The maximum absolute atomic E-state index is 12.3. The molecule has 0 N–H and O–H groups in total. The third kappa shape index (κ3) is 2.90. The number of ketones is 1. The van der Waals surface area contributed by atoms with Gasteiger partial charge in [-0.3, -0.25) is 4.79 Å². The topological polar surface area (TPSA) is 17.1 Å². The number of carbonyl (C=O) groups excluding carboxylic acids is 1. The van der Waals surface area contributed by atoms with E-state index in [1.807, 2.05) is 24.3 Å². The molecule has 17 heavy (non-hydrogen) atoms. The minimum Gasteiger partial charge on any atom is -0.299 e. The molecule has 1 aromatic rings. The summed E-state index contributed by atoms with van der Waals surface area (Å²) in [6.07, 6.45) is 3.92. The largest absolute Gasteiger partial charge is 0.299 e. The first-order valence-corrected chi connectivity index (χ1v) is 6.64. The Kier molecular flexibility index (Phi) is 3.58. The van der Waals surface area contributed by atoms with Gasteiger partial charge in [-0.1, -0.05) is 44.0 Å². The Bertz CT molecular complexity index is 423.